The molecule has 1 aromatic carbocycles. The number of hydrogen-bond acceptors (Lipinski definition) is 7. The van der Waals surface area contributed by atoms with Crippen LogP contribution in [0.2, 0.25) is 0 Å². The second kappa shape index (κ2) is 9.38. The van der Waals surface area contributed by atoms with Crippen LogP contribution < -0.4 is 10.1 Å². The Morgan fingerprint density at radius 2 is 2.06 bits per heavy atom. The molecule has 10 nitrogen and oxygen atoms in total. The number of nitrogens with one attached hydrogen (secondary N) is 2. The second-order valence-corrected chi connectivity index (χ2v) is 8.96. The Kier molecular flexibility index (Phi) is 6.12. The number of benzene rings is 1. The van der Waals surface area contributed by atoms with Crippen LogP contribution in [-0.2, 0) is 11.8 Å². The van der Waals surface area contributed by atoms with Crippen molar-refractivity contribution in [1.29, 1.82) is 0 Å². The largest absolute Gasteiger partial charge is 0.474 e. The summed E-state index contributed by atoms with van der Waals surface area (Å²) in [5.74, 6) is 0.884. The van der Waals surface area contributed by atoms with Crippen LogP contribution in [0, 0.1) is 6.92 Å². The summed E-state index contributed by atoms with van der Waals surface area (Å²) in [4.78, 5) is 26.6. The van der Waals surface area contributed by atoms with Crippen molar-refractivity contribution in [2.24, 2.45) is 7.05 Å². The number of aryl methyl sites for hydroxylation is 2. The van der Waals surface area contributed by atoms with E-state index < -0.39 is 0 Å². The molecule has 1 fully saturated rings. The predicted molar refractivity (Wildman–Crippen MR) is 133 cm³/mol. The van der Waals surface area contributed by atoms with Crippen molar-refractivity contribution in [2.75, 3.05) is 32.6 Å². The lowest BCUT2D eigenvalue weighted by Gasteiger charge is -2.23. The number of H-pyrrole nitrogens is 1. The van der Waals surface area contributed by atoms with Gasteiger partial charge < -0.3 is 24.7 Å². The quantitative estimate of drug-likeness (QED) is 0.438. The minimum Gasteiger partial charge on any atom is -0.474 e. The number of aromatic amines is 1. The Bertz CT molecular complexity index is 1370. The van der Waals surface area contributed by atoms with Crippen molar-refractivity contribution in [3.8, 4) is 17.0 Å². The first-order valence-corrected chi connectivity index (χ1v) is 11.6. The van der Waals surface area contributed by atoms with Crippen molar-refractivity contribution in [1.82, 2.24) is 29.6 Å². The summed E-state index contributed by atoms with van der Waals surface area (Å²) in [6.07, 6.45) is 7.30. The summed E-state index contributed by atoms with van der Waals surface area (Å²) < 4.78 is 13.7. The summed E-state index contributed by atoms with van der Waals surface area (Å²) in [7, 11) is 5.36. The summed E-state index contributed by atoms with van der Waals surface area (Å²) in [6, 6.07) is 5.52. The number of carbonyl (C=O) groups is 1. The van der Waals surface area contributed by atoms with Gasteiger partial charge in [0, 0.05) is 68.8 Å². The highest BCUT2D eigenvalue weighted by atomic mass is 16.5. The maximum Gasteiger partial charge on any atom is 0.253 e. The number of amides is 1. The normalized spacial score (nSPS) is 14.3. The predicted octanol–water partition coefficient (Wildman–Crippen LogP) is 3.67. The molecule has 5 rings (SSSR count). The van der Waals surface area contributed by atoms with E-state index >= 15 is 0 Å². The first-order valence-electron chi connectivity index (χ1n) is 11.6. The van der Waals surface area contributed by atoms with Crippen LogP contribution in [0.4, 0.5) is 11.6 Å². The topological polar surface area (TPSA) is 110 Å². The van der Waals surface area contributed by atoms with E-state index in [2.05, 4.69) is 15.4 Å². The molecular weight excluding hydrogens is 446 g/mol. The summed E-state index contributed by atoms with van der Waals surface area (Å²) >= 11 is 0. The minimum atomic E-state index is -0.0428. The van der Waals surface area contributed by atoms with Gasteiger partial charge in [0.15, 0.2) is 0 Å². The zero-order valence-corrected chi connectivity index (χ0v) is 20.3. The summed E-state index contributed by atoms with van der Waals surface area (Å²) in [6.45, 7) is 3.29. The average molecular weight is 476 g/mol. The maximum absolute atomic E-state index is 12.3. The third-order valence-electron chi connectivity index (χ3n) is 6.09. The summed E-state index contributed by atoms with van der Waals surface area (Å²) in [5, 5.41) is 8.42. The van der Waals surface area contributed by atoms with Crippen molar-refractivity contribution >= 4 is 28.6 Å². The van der Waals surface area contributed by atoms with E-state index in [0.29, 0.717) is 36.3 Å². The first-order chi connectivity index (χ1) is 16.9. The Labute approximate surface area is 203 Å². The lowest BCUT2D eigenvalue weighted by Crippen LogP contribution is -2.26. The zero-order valence-electron chi connectivity index (χ0n) is 20.3. The van der Waals surface area contributed by atoms with E-state index in [4.69, 9.17) is 19.4 Å². The molecule has 182 valence electrons. The van der Waals surface area contributed by atoms with Crippen LogP contribution >= 0.6 is 0 Å². The maximum atomic E-state index is 12.3. The molecule has 0 spiro atoms. The molecule has 0 aliphatic carbocycles. The van der Waals surface area contributed by atoms with Gasteiger partial charge in [0.05, 0.1) is 24.8 Å². The average Bonchev–Trinajstić information content (AvgIpc) is 3.46. The number of fused-ring (bicyclic) bond motifs is 1. The number of anilines is 2. The van der Waals surface area contributed by atoms with Crippen molar-refractivity contribution < 1.29 is 14.3 Å². The number of aromatic nitrogens is 5. The molecule has 4 aromatic rings. The second-order valence-electron chi connectivity index (χ2n) is 8.96. The molecule has 1 aliphatic heterocycles. The van der Waals surface area contributed by atoms with E-state index in [9.17, 15) is 4.79 Å². The van der Waals surface area contributed by atoms with Gasteiger partial charge in [-0.3, -0.25) is 9.48 Å². The third kappa shape index (κ3) is 4.69. The molecule has 1 amide bonds. The SMILES string of the molecule is Cc1cc(C(=O)N(C)C)ccc1Nc1nc(OC2CCOCC2)c2c(-c3cnn(C)c3)c[nH]c2n1. The van der Waals surface area contributed by atoms with Gasteiger partial charge in [-0.1, -0.05) is 0 Å². The Hall–Kier alpha value is -3.92. The molecule has 1 aliphatic rings. The lowest BCUT2D eigenvalue weighted by atomic mass is 10.1. The highest BCUT2D eigenvalue weighted by molar-refractivity contribution is 5.98. The van der Waals surface area contributed by atoms with Gasteiger partial charge in [-0.05, 0) is 30.7 Å². The molecule has 0 radical (unpaired) electrons. The smallest absolute Gasteiger partial charge is 0.253 e. The first kappa shape index (κ1) is 22.9. The molecule has 0 bridgehead atoms. The van der Waals surface area contributed by atoms with Crippen molar-refractivity contribution in [3.05, 3.63) is 47.9 Å². The van der Waals surface area contributed by atoms with Gasteiger partial charge in [0.1, 0.15) is 11.8 Å². The van der Waals surface area contributed by atoms with Gasteiger partial charge in [-0.15, -0.1) is 0 Å². The van der Waals surface area contributed by atoms with Gasteiger partial charge in [0.2, 0.25) is 11.8 Å². The van der Waals surface area contributed by atoms with Crippen LogP contribution in [0.1, 0.15) is 28.8 Å². The molecule has 35 heavy (non-hydrogen) atoms. The van der Waals surface area contributed by atoms with Crippen molar-refractivity contribution in [2.45, 2.75) is 25.9 Å². The number of carbonyl (C=O) groups excluding carboxylic acids is 1. The minimum absolute atomic E-state index is 0.0180. The van der Waals surface area contributed by atoms with Crippen LogP contribution in [0.15, 0.2) is 36.8 Å². The van der Waals surface area contributed by atoms with Gasteiger partial charge >= 0.3 is 0 Å². The number of hydrogen-bond donors (Lipinski definition) is 2. The molecular formula is C25H29N7O3. The van der Waals surface area contributed by atoms with E-state index in [-0.39, 0.29) is 12.0 Å². The Balaban J connectivity index is 1.52. The van der Waals surface area contributed by atoms with Gasteiger partial charge in [0.25, 0.3) is 5.91 Å². The number of rotatable bonds is 6. The Morgan fingerprint density at radius 1 is 1.26 bits per heavy atom. The van der Waals surface area contributed by atoms with E-state index in [1.807, 2.05) is 44.7 Å². The monoisotopic (exact) mass is 475 g/mol. The lowest BCUT2D eigenvalue weighted by molar-refractivity contribution is 0.0244. The molecule has 0 saturated carbocycles. The zero-order chi connectivity index (χ0) is 24.5. The van der Waals surface area contributed by atoms with E-state index in [0.717, 1.165) is 40.6 Å². The third-order valence-corrected chi connectivity index (χ3v) is 6.09. The Morgan fingerprint density at radius 3 is 2.74 bits per heavy atom. The van der Waals surface area contributed by atoms with E-state index in [1.165, 1.54) is 0 Å². The van der Waals surface area contributed by atoms with Gasteiger partial charge in [-0.2, -0.15) is 15.1 Å². The molecule has 4 heterocycles. The fourth-order valence-electron chi connectivity index (χ4n) is 4.20. The highest BCUT2D eigenvalue weighted by Crippen LogP contribution is 2.36. The molecule has 1 saturated heterocycles. The van der Waals surface area contributed by atoms with Crippen molar-refractivity contribution in [3.63, 3.8) is 0 Å². The highest BCUT2D eigenvalue weighted by Gasteiger charge is 2.22. The number of ether oxygens (including phenoxy) is 2. The fourth-order valence-corrected chi connectivity index (χ4v) is 4.20. The fraction of sp³-hybridized carbons (Fsp3) is 0.360. The number of nitrogens with zero attached hydrogens (tertiary/aromatic N) is 5. The van der Waals surface area contributed by atoms with E-state index in [1.54, 1.807) is 29.7 Å². The molecule has 0 unspecified atom stereocenters. The van der Waals surface area contributed by atoms with Crippen LogP contribution in [0.5, 0.6) is 5.88 Å². The summed E-state index contributed by atoms with van der Waals surface area (Å²) in [5.41, 5.74) is 4.91. The van der Waals surface area contributed by atoms with Gasteiger partial charge in [-0.25, -0.2) is 0 Å². The van der Waals surface area contributed by atoms with Crippen LogP contribution in [0.25, 0.3) is 22.2 Å². The van der Waals surface area contributed by atoms with Crippen LogP contribution in [0.3, 0.4) is 0 Å². The standard InChI is InChI=1S/C25H29N7O3/c1-15-11-16(24(33)31(2)3)5-6-20(15)28-25-29-22-21(19(13-26-22)17-12-27-32(4)14-17)23(30-25)35-18-7-9-34-10-8-18/h5-6,11-14,18H,7-10H2,1-4H3,(H2,26,28,29,30). The molecule has 10 heteroatoms. The molecule has 3 aromatic heterocycles. The molecule has 0 atom stereocenters. The van der Waals surface area contributed by atoms with Crippen LogP contribution in [-0.4, -0.2) is 69.0 Å². The molecule has 2 N–H and O–H groups in total.